The molecule has 3 amide bonds. The summed E-state index contributed by atoms with van der Waals surface area (Å²) in [5.41, 5.74) is 5.37. The van der Waals surface area contributed by atoms with Gasteiger partial charge in [-0.1, -0.05) is 30.3 Å². The molecule has 1 saturated carbocycles. The van der Waals surface area contributed by atoms with Crippen molar-refractivity contribution in [2.45, 2.75) is 69.9 Å². The van der Waals surface area contributed by atoms with Crippen molar-refractivity contribution >= 4 is 40.0 Å². The number of ether oxygens (including phenoxy) is 2. The molecule has 3 aromatic carbocycles. The van der Waals surface area contributed by atoms with Crippen LogP contribution in [0.3, 0.4) is 0 Å². The van der Waals surface area contributed by atoms with Crippen molar-refractivity contribution in [2.24, 2.45) is 5.92 Å². The Morgan fingerprint density at radius 1 is 0.857 bits per heavy atom. The Morgan fingerprint density at radius 2 is 1.66 bits per heavy atom. The Kier molecular flexibility index (Phi) is 13.5. The number of piperazine rings is 1. The average Bonchev–Trinajstić information content (AvgIpc) is 4.01. The summed E-state index contributed by atoms with van der Waals surface area (Å²) >= 11 is 0. The lowest BCUT2D eigenvalue weighted by Gasteiger charge is -2.35. The molecule has 2 saturated heterocycles. The number of fused-ring (bicyclic) bond motifs is 2. The zero-order valence-electron chi connectivity index (χ0n) is 38.8. The third-order valence-corrected chi connectivity index (χ3v) is 14.0. The van der Waals surface area contributed by atoms with Gasteiger partial charge in [0, 0.05) is 68.1 Å². The van der Waals surface area contributed by atoms with Gasteiger partial charge in [-0.25, -0.2) is 18.3 Å². The molecule has 4 aromatic heterocycles. The number of piperidine rings is 1. The summed E-state index contributed by atoms with van der Waals surface area (Å²) in [5, 5.41) is 15.6. The van der Waals surface area contributed by atoms with Crippen LogP contribution in [0.25, 0.3) is 27.7 Å². The zero-order valence-corrected chi connectivity index (χ0v) is 38.8. The number of amides is 3. The number of aryl methyl sites for hydroxylation is 1. The van der Waals surface area contributed by atoms with E-state index in [1.54, 1.807) is 30.5 Å². The van der Waals surface area contributed by atoms with Crippen LogP contribution in [-0.2, 0) is 22.6 Å². The van der Waals surface area contributed by atoms with E-state index >= 15 is 4.39 Å². The molecular formula is C52H53F3N10O5. The molecule has 18 heteroatoms. The molecule has 70 heavy (non-hydrogen) atoms. The number of pyridine rings is 1. The molecule has 1 aliphatic carbocycles. The summed E-state index contributed by atoms with van der Waals surface area (Å²) < 4.78 is 59.1. The second kappa shape index (κ2) is 20.3. The topological polar surface area (TPSA) is 161 Å². The lowest BCUT2D eigenvalue weighted by molar-refractivity contribution is -0.134. The maximum atomic E-state index is 15.0. The smallest absolute Gasteiger partial charge is 0.254 e. The van der Waals surface area contributed by atoms with Crippen molar-refractivity contribution in [3.05, 3.63) is 131 Å². The van der Waals surface area contributed by atoms with Gasteiger partial charge in [-0.2, -0.15) is 14.6 Å². The summed E-state index contributed by atoms with van der Waals surface area (Å²) in [6, 6.07) is 17.7. The molecular weight excluding hydrogens is 902 g/mol. The highest BCUT2D eigenvalue weighted by atomic mass is 19.2. The summed E-state index contributed by atoms with van der Waals surface area (Å²) in [5.74, 6) is -5.21. The number of aromatic nitrogens is 6. The van der Waals surface area contributed by atoms with Gasteiger partial charge in [-0.3, -0.25) is 34.3 Å². The molecule has 0 spiro atoms. The van der Waals surface area contributed by atoms with Crippen LogP contribution in [-0.4, -0.2) is 98.4 Å². The first-order chi connectivity index (χ1) is 34.1. The van der Waals surface area contributed by atoms with Gasteiger partial charge in [-0.05, 0) is 98.9 Å². The van der Waals surface area contributed by atoms with Gasteiger partial charge >= 0.3 is 0 Å². The molecule has 3 aliphatic rings. The molecule has 1 atom stereocenters. The lowest BCUT2D eigenvalue weighted by atomic mass is 9.86. The van der Waals surface area contributed by atoms with Gasteiger partial charge < -0.3 is 19.7 Å². The first-order valence-corrected chi connectivity index (χ1v) is 23.9. The Labute approximate surface area is 402 Å². The highest BCUT2D eigenvalue weighted by Gasteiger charge is 2.31. The second-order valence-electron chi connectivity index (χ2n) is 18.4. The molecule has 15 nitrogen and oxygen atoms in total. The van der Waals surface area contributed by atoms with E-state index in [4.69, 9.17) is 24.5 Å². The molecule has 10 rings (SSSR count). The minimum absolute atomic E-state index is 0.111. The SMILES string of the molecule is COc1ccc(COc2c(F)cc(C(=O)NC[C@H]3CC[C@H](n4cc5ccc(-c6cnc(N7CCN(CCCc8ccc9c(C%10CCC(=O)NC%10=O)cnn9c8)CC7)cn6)cc5n4)CC3)c(F)c2F)cc1. The van der Waals surface area contributed by atoms with Gasteiger partial charge in [0.2, 0.25) is 17.6 Å². The van der Waals surface area contributed by atoms with E-state index in [9.17, 15) is 23.2 Å². The number of nitrogens with zero attached hydrogens (tertiary/aromatic N) is 8. The highest BCUT2D eigenvalue weighted by molar-refractivity contribution is 6.01. The molecule has 1 unspecified atom stereocenters. The Morgan fingerprint density at radius 3 is 2.41 bits per heavy atom. The maximum Gasteiger partial charge on any atom is 0.254 e. The zero-order chi connectivity index (χ0) is 48.3. The van der Waals surface area contributed by atoms with Crippen LogP contribution in [0.4, 0.5) is 19.0 Å². The standard InChI is InChI=1S/C52H53F3N10O5/c1-69-38-13-6-34(7-14-38)31-70-50-42(53)24-40(48(54)49(50)55)51(67)58-25-32-4-11-37(12-5-32)64-30-36-10-9-35(23-43(36)61-64)44-27-57-46(28-56-44)63-21-19-62(20-22-63)18-2-3-33-8-16-45-41(26-59-65(45)29-33)39-15-17-47(66)60-52(39)68/h6-10,13-14,16,23-24,26-30,32,37,39H,2-5,11-12,15,17-22,25,31H2,1H3,(H,58,67)(H,60,66,68)/t32-,37-,39?. The number of hydrogen-bond donors (Lipinski definition) is 2. The van der Waals surface area contributed by atoms with Crippen LogP contribution in [0, 0.1) is 23.4 Å². The van der Waals surface area contributed by atoms with Crippen LogP contribution in [0.1, 0.15) is 84.0 Å². The Bertz CT molecular complexity index is 3040. The normalized spacial score (nSPS) is 18.9. The van der Waals surface area contributed by atoms with E-state index in [1.807, 2.05) is 52.1 Å². The number of benzene rings is 3. The Hall–Kier alpha value is -7.34. The molecule has 7 aromatic rings. The van der Waals surface area contributed by atoms with Gasteiger partial charge in [0.1, 0.15) is 18.2 Å². The number of carbonyl (C=O) groups excluding carboxylic acids is 3. The van der Waals surface area contributed by atoms with Crippen LogP contribution in [0.15, 0.2) is 91.6 Å². The highest BCUT2D eigenvalue weighted by Crippen LogP contribution is 2.34. The van der Waals surface area contributed by atoms with Crippen molar-refractivity contribution in [1.82, 2.24) is 44.9 Å². The van der Waals surface area contributed by atoms with E-state index in [1.165, 1.54) is 12.7 Å². The van der Waals surface area contributed by atoms with E-state index in [2.05, 4.69) is 37.8 Å². The number of hydrogen-bond acceptors (Lipinski definition) is 11. The van der Waals surface area contributed by atoms with Crippen molar-refractivity contribution in [3.63, 3.8) is 0 Å². The van der Waals surface area contributed by atoms with Crippen LogP contribution < -0.4 is 25.0 Å². The number of rotatable bonds is 15. The monoisotopic (exact) mass is 954 g/mol. The fourth-order valence-corrected chi connectivity index (χ4v) is 9.87. The number of imide groups is 1. The van der Waals surface area contributed by atoms with Crippen LogP contribution in [0.5, 0.6) is 11.5 Å². The van der Waals surface area contributed by atoms with Crippen molar-refractivity contribution in [1.29, 1.82) is 0 Å². The lowest BCUT2D eigenvalue weighted by Crippen LogP contribution is -2.47. The summed E-state index contributed by atoms with van der Waals surface area (Å²) in [4.78, 5) is 51.3. The summed E-state index contributed by atoms with van der Waals surface area (Å²) in [6.45, 7) is 4.60. The van der Waals surface area contributed by atoms with Crippen LogP contribution in [0.2, 0.25) is 0 Å². The number of anilines is 1. The molecule has 362 valence electrons. The van der Waals surface area contributed by atoms with Crippen LogP contribution >= 0.6 is 0 Å². The fourth-order valence-electron chi connectivity index (χ4n) is 9.87. The van der Waals surface area contributed by atoms with Gasteiger partial charge in [0.25, 0.3) is 5.91 Å². The Balaban J connectivity index is 0.663. The molecule has 6 heterocycles. The first-order valence-electron chi connectivity index (χ1n) is 23.9. The number of nitrogens with one attached hydrogen (secondary N) is 2. The summed E-state index contributed by atoms with van der Waals surface area (Å²) in [7, 11) is 1.52. The number of carbonyl (C=O) groups is 3. The fraction of sp³-hybridized carbons (Fsp3) is 0.365. The van der Waals surface area contributed by atoms with E-state index < -0.39 is 34.7 Å². The third-order valence-electron chi connectivity index (χ3n) is 14.0. The largest absolute Gasteiger partial charge is 0.497 e. The third kappa shape index (κ3) is 10.0. The molecule has 3 fully saturated rings. The second-order valence-corrected chi connectivity index (χ2v) is 18.4. The van der Waals surface area contributed by atoms with E-state index in [-0.39, 0.29) is 42.8 Å². The summed E-state index contributed by atoms with van der Waals surface area (Å²) in [6.07, 6.45) is 15.5. The maximum absolute atomic E-state index is 15.0. The first kappa shape index (κ1) is 46.4. The van der Waals surface area contributed by atoms with Gasteiger partial charge in [0.05, 0.1) is 60.0 Å². The minimum Gasteiger partial charge on any atom is -0.497 e. The van der Waals surface area contributed by atoms with E-state index in [0.29, 0.717) is 30.2 Å². The molecule has 0 bridgehead atoms. The van der Waals surface area contributed by atoms with Gasteiger partial charge in [-0.15, -0.1) is 0 Å². The molecule has 2 N–H and O–H groups in total. The van der Waals surface area contributed by atoms with E-state index in [0.717, 1.165) is 110 Å². The van der Waals surface area contributed by atoms with Crippen molar-refractivity contribution in [2.75, 3.05) is 51.3 Å². The predicted octanol–water partition coefficient (Wildman–Crippen LogP) is 7.58. The number of halogens is 3. The molecule has 0 radical (unpaired) electrons. The predicted molar refractivity (Wildman–Crippen MR) is 255 cm³/mol. The van der Waals surface area contributed by atoms with Gasteiger partial charge in [0.15, 0.2) is 17.4 Å². The van der Waals surface area contributed by atoms with Crippen molar-refractivity contribution in [3.8, 4) is 22.8 Å². The quantitative estimate of drug-likeness (QED) is 0.0770. The minimum atomic E-state index is -1.55. The average molecular weight is 955 g/mol. The van der Waals surface area contributed by atoms with Crippen molar-refractivity contribution < 1.29 is 37.0 Å². The molecule has 2 aliphatic heterocycles. The number of methoxy groups -OCH3 is 1.